The Morgan fingerprint density at radius 1 is 0.737 bits per heavy atom. The van der Waals surface area contributed by atoms with E-state index in [0.717, 1.165) is 44.9 Å². The number of carbonyl (C=O) groups is 2. The third kappa shape index (κ3) is 13.2. The van der Waals surface area contributed by atoms with E-state index in [2.05, 4.69) is 6.92 Å². The maximum atomic E-state index is 11.3. The van der Waals surface area contributed by atoms with E-state index < -0.39 is 0 Å². The Bertz CT molecular complexity index is 238. The van der Waals surface area contributed by atoms with Crippen LogP contribution in [0.4, 0.5) is 0 Å². The molecule has 0 atom stereocenters. The predicted molar refractivity (Wildman–Crippen MR) is 74.8 cm³/mol. The van der Waals surface area contributed by atoms with Crippen LogP contribution in [0.25, 0.3) is 0 Å². The zero-order chi connectivity index (χ0) is 14.3. The Morgan fingerprint density at radius 3 is 1.79 bits per heavy atom. The summed E-state index contributed by atoms with van der Waals surface area (Å²) in [5, 5.41) is 0. The zero-order valence-corrected chi connectivity index (χ0v) is 12.4. The number of unbranched alkanes of at least 4 members (excludes halogenated alkanes) is 5. The molecule has 0 aromatic carbocycles. The van der Waals surface area contributed by atoms with Crippen LogP contribution in [-0.4, -0.2) is 25.2 Å². The summed E-state index contributed by atoms with van der Waals surface area (Å²) < 4.78 is 9.92. The molecule has 0 N–H and O–H groups in total. The minimum absolute atomic E-state index is 0.0834. The van der Waals surface area contributed by atoms with Crippen LogP contribution in [0.5, 0.6) is 0 Å². The van der Waals surface area contributed by atoms with Crippen LogP contribution >= 0.6 is 0 Å². The lowest BCUT2D eigenvalue weighted by Crippen LogP contribution is -2.05. The Morgan fingerprint density at radius 2 is 1.26 bits per heavy atom. The van der Waals surface area contributed by atoms with Gasteiger partial charge in [0.1, 0.15) is 0 Å². The van der Waals surface area contributed by atoms with E-state index >= 15 is 0 Å². The molecule has 0 aromatic heterocycles. The van der Waals surface area contributed by atoms with Gasteiger partial charge in [-0.25, -0.2) is 0 Å². The number of hydrogen-bond acceptors (Lipinski definition) is 4. The van der Waals surface area contributed by atoms with Crippen molar-refractivity contribution in [1.82, 2.24) is 0 Å². The molecule has 0 radical (unpaired) electrons. The van der Waals surface area contributed by atoms with E-state index in [1.165, 1.54) is 0 Å². The van der Waals surface area contributed by atoms with Gasteiger partial charge in [0.05, 0.1) is 13.2 Å². The highest BCUT2D eigenvalue weighted by Gasteiger charge is 2.03. The Balaban J connectivity index is 3.22. The van der Waals surface area contributed by atoms with Crippen LogP contribution in [0.3, 0.4) is 0 Å². The quantitative estimate of drug-likeness (QED) is 0.402. The second-order valence-electron chi connectivity index (χ2n) is 4.65. The minimum Gasteiger partial charge on any atom is -0.466 e. The first-order valence-corrected chi connectivity index (χ1v) is 7.52. The molecule has 19 heavy (non-hydrogen) atoms. The molecule has 0 aromatic rings. The van der Waals surface area contributed by atoms with Crippen molar-refractivity contribution < 1.29 is 19.1 Å². The molecule has 0 amide bonds. The third-order valence-electron chi connectivity index (χ3n) is 2.83. The molecular weight excluding hydrogens is 244 g/mol. The fourth-order valence-electron chi connectivity index (χ4n) is 1.70. The molecule has 0 heterocycles. The van der Waals surface area contributed by atoms with E-state index in [9.17, 15) is 9.59 Å². The van der Waals surface area contributed by atoms with Gasteiger partial charge in [-0.15, -0.1) is 0 Å². The van der Waals surface area contributed by atoms with Crippen molar-refractivity contribution in [3.63, 3.8) is 0 Å². The lowest BCUT2D eigenvalue weighted by atomic mass is 10.1. The third-order valence-corrected chi connectivity index (χ3v) is 2.83. The lowest BCUT2D eigenvalue weighted by molar-refractivity contribution is -0.144. The van der Waals surface area contributed by atoms with Gasteiger partial charge >= 0.3 is 11.9 Å². The summed E-state index contributed by atoms with van der Waals surface area (Å²) in [6.45, 7) is 4.90. The summed E-state index contributed by atoms with van der Waals surface area (Å²) in [6, 6.07) is 0. The van der Waals surface area contributed by atoms with Crippen LogP contribution in [0.1, 0.15) is 71.6 Å². The summed E-state index contributed by atoms with van der Waals surface area (Å²) in [7, 11) is 0. The summed E-state index contributed by atoms with van der Waals surface area (Å²) in [6.07, 6.45) is 7.86. The van der Waals surface area contributed by atoms with Crippen LogP contribution in [0.2, 0.25) is 0 Å². The van der Waals surface area contributed by atoms with Gasteiger partial charge < -0.3 is 9.47 Å². The standard InChI is InChI=1S/C15H28O4/c1-3-5-13-19-15(17)12-10-8-6-7-9-11-14(16)18-4-2/h3-13H2,1-2H3. The Hall–Kier alpha value is -1.06. The molecule has 0 aliphatic rings. The summed E-state index contributed by atoms with van der Waals surface area (Å²) in [5.41, 5.74) is 0. The van der Waals surface area contributed by atoms with E-state index in [0.29, 0.717) is 26.1 Å². The number of ether oxygens (including phenoxy) is 2. The SMILES string of the molecule is CCCCOC(=O)CCCCCCCC(=O)OCC. The van der Waals surface area contributed by atoms with Crippen molar-refractivity contribution in [2.75, 3.05) is 13.2 Å². The van der Waals surface area contributed by atoms with Crippen molar-refractivity contribution in [3.05, 3.63) is 0 Å². The van der Waals surface area contributed by atoms with Crippen molar-refractivity contribution in [1.29, 1.82) is 0 Å². The summed E-state index contributed by atoms with van der Waals surface area (Å²) in [5.74, 6) is -0.193. The highest BCUT2D eigenvalue weighted by molar-refractivity contribution is 5.69. The van der Waals surface area contributed by atoms with Crippen LogP contribution in [0, 0.1) is 0 Å². The second-order valence-corrected chi connectivity index (χ2v) is 4.65. The largest absolute Gasteiger partial charge is 0.466 e. The first-order chi connectivity index (χ1) is 9.20. The molecule has 4 heteroatoms. The smallest absolute Gasteiger partial charge is 0.305 e. The van der Waals surface area contributed by atoms with Gasteiger partial charge in [0.25, 0.3) is 0 Å². The fourth-order valence-corrected chi connectivity index (χ4v) is 1.70. The number of rotatable bonds is 12. The van der Waals surface area contributed by atoms with Gasteiger partial charge in [-0.2, -0.15) is 0 Å². The average Bonchev–Trinajstić information content (AvgIpc) is 2.38. The summed E-state index contributed by atoms with van der Waals surface area (Å²) in [4.78, 5) is 22.3. The fraction of sp³-hybridized carbons (Fsp3) is 0.867. The Labute approximate surface area is 116 Å². The van der Waals surface area contributed by atoms with Crippen LogP contribution < -0.4 is 0 Å². The number of carbonyl (C=O) groups excluding carboxylic acids is 2. The highest BCUT2D eigenvalue weighted by Crippen LogP contribution is 2.08. The molecule has 0 fully saturated rings. The van der Waals surface area contributed by atoms with Gasteiger partial charge in [-0.3, -0.25) is 9.59 Å². The van der Waals surface area contributed by atoms with Crippen molar-refractivity contribution in [3.8, 4) is 0 Å². The van der Waals surface area contributed by atoms with Gasteiger partial charge in [-0.05, 0) is 26.2 Å². The van der Waals surface area contributed by atoms with Gasteiger partial charge in [0.15, 0.2) is 0 Å². The van der Waals surface area contributed by atoms with Crippen molar-refractivity contribution in [2.45, 2.75) is 71.6 Å². The van der Waals surface area contributed by atoms with Crippen LogP contribution in [0.15, 0.2) is 0 Å². The van der Waals surface area contributed by atoms with Crippen molar-refractivity contribution >= 4 is 11.9 Å². The van der Waals surface area contributed by atoms with E-state index in [-0.39, 0.29) is 11.9 Å². The molecule has 0 rings (SSSR count). The molecule has 0 spiro atoms. The molecule has 0 saturated heterocycles. The maximum Gasteiger partial charge on any atom is 0.305 e. The monoisotopic (exact) mass is 272 g/mol. The van der Waals surface area contributed by atoms with E-state index in [4.69, 9.17) is 9.47 Å². The van der Waals surface area contributed by atoms with Gasteiger partial charge in [-0.1, -0.05) is 32.6 Å². The number of esters is 2. The molecule has 0 saturated carbocycles. The molecule has 112 valence electrons. The lowest BCUT2D eigenvalue weighted by Gasteiger charge is -2.04. The Kier molecular flexibility index (Phi) is 12.6. The number of hydrogen-bond donors (Lipinski definition) is 0. The molecule has 0 unspecified atom stereocenters. The molecule has 4 nitrogen and oxygen atoms in total. The highest BCUT2D eigenvalue weighted by atomic mass is 16.5. The zero-order valence-electron chi connectivity index (χ0n) is 12.4. The van der Waals surface area contributed by atoms with Gasteiger partial charge in [0, 0.05) is 12.8 Å². The molecule has 0 bridgehead atoms. The van der Waals surface area contributed by atoms with Crippen LogP contribution in [-0.2, 0) is 19.1 Å². The average molecular weight is 272 g/mol. The van der Waals surface area contributed by atoms with Gasteiger partial charge in [0.2, 0.25) is 0 Å². The second kappa shape index (κ2) is 13.4. The maximum absolute atomic E-state index is 11.3. The van der Waals surface area contributed by atoms with E-state index in [1.54, 1.807) is 0 Å². The normalized spacial score (nSPS) is 10.2. The predicted octanol–water partition coefficient (Wildman–Crippen LogP) is 3.62. The first-order valence-electron chi connectivity index (χ1n) is 7.52. The van der Waals surface area contributed by atoms with Crippen molar-refractivity contribution in [2.24, 2.45) is 0 Å². The topological polar surface area (TPSA) is 52.6 Å². The molecular formula is C15H28O4. The molecule has 0 aliphatic heterocycles. The molecule has 0 aliphatic carbocycles. The first kappa shape index (κ1) is 17.9. The minimum atomic E-state index is -0.109. The summed E-state index contributed by atoms with van der Waals surface area (Å²) >= 11 is 0. The van der Waals surface area contributed by atoms with E-state index in [1.807, 2.05) is 6.92 Å².